The largest absolute Gasteiger partial charge is 0.463 e. The van der Waals surface area contributed by atoms with E-state index >= 15 is 0 Å². The number of nitrogens with one attached hydrogen (secondary N) is 1. The van der Waals surface area contributed by atoms with E-state index in [2.05, 4.69) is 15.2 Å². The number of furan rings is 1. The van der Waals surface area contributed by atoms with Gasteiger partial charge in [0.2, 0.25) is 0 Å². The zero-order chi connectivity index (χ0) is 17.9. The molecule has 134 valence electrons. The standard InChI is InChI=1S/C19H25N3O3/c1-14-8-9-16(25-14)19(2,24)13-21-18(23)15-7-6-10-20-17(15)22-11-4-3-5-12-22/h6-10,24H,3-5,11-13H2,1-2H3,(H,21,23)/t19-/m0/s1. The number of anilines is 1. The Morgan fingerprint density at radius 1 is 1.32 bits per heavy atom. The van der Waals surface area contributed by atoms with Crippen molar-refractivity contribution in [3.05, 3.63) is 47.5 Å². The van der Waals surface area contributed by atoms with E-state index in [-0.39, 0.29) is 12.5 Å². The molecule has 6 nitrogen and oxygen atoms in total. The molecule has 6 heteroatoms. The molecule has 0 unspecified atom stereocenters. The lowest BCUT2D eigenvalue weighted by molar-refractivity contribution is 0.0323. The topological polar surface area (TPSA) is 78.6 Å². The summed E-state index contributed by atoms with van der Waals surface area (Å²) in [5.41, 5.74) is -0.729. The minimum atomic E-state index is -1.27. The molecule has 1 amide bonds. The molecule has 0 aromatic carbocycles. The van der Waals surface area contributed by atoms with E-state index in [1.165, 1.54) is 6.42 Å². The van der Waals surface area contributed by atoms with Crippen LogP contribution in [0.4, 0.5) is 5.82 Å². The normalized spacial score (nSPS) is 17.2. The van der Waals surface area contributed by atoms with Crippen LogP contribution in [-0.4, -0.2) is 35.6 Å². The molecule has 1 aliphatic heterocycles. The summed E-state index contributed by atoms with van der Waals surface area (Å²) >= 11 is 0. The Morgan fingerprint density at radius 3 is 2.76 bits per heavy atom. The lowest BCUT2D eigenvalue weighted by Crippen LogP contribution is -2.39. The highest BCUT2D eigenvalue weighted by Crippen LogP contribution is 2.24. The molecule has 1 saturated heterocycles. The van der Waals surface area contributed by atoms with Crippen molar-refractivity contribution in [2.45, 2.75) is 38.7 Å². The zero-order valence-corrected chi connectivity index (χ0v) is 14.8. The van der Waals surface area contributed by atoms with Crippen molar-refractivity contribution in [2.24, 2.45) is 0 Å². The molecule has 1 fully saturated rings. The molecule has 0 aliphatic carbocycles. The average Bonchev–Trinajstić information content (AvgIpc) is 3.08. The minimum Gasteiger partial charge on any atom is -0.463 e. The molecule has 1 aliphatic rings. The van der Waals surface area contributed by atoms with Crippen molar-refractivity contribution >= 4 is 11.7 Å². The first-order chi connectivity index (χ1) is 12.0. The Balaban J connectivity index is 1.71. The Labute approximate surface area is 147 Å². The summed E-state index contributed by atoms with van der Waals surface area (Å²) in [6.07, 6.45) is 5.16. The third-order valence-electron chi connectivity index (χ3n) is 4.55. The summed E-state index contributed by atoms with van der Waals surface area (Å²) in [6, 6.07) is 7.06. The molecular weight excluding hydrogens is 318 g/mol. The van der Waals surface area contributed by atoms with Crippen LogP contribution < -0.4 is 10.2 Å². The molecule has 0 saturated carbocycles. The maximum Gasteiger partial charge on any atom is 0.255 e. The number of piperidine rings is 1. The van der Waals surface area contributed by atoms with E-state index in [4.69, 9.17) is 4.42 Å². The number of carbonyl (C=O) groups excluding carboxylic acids is 1. The van der Waals surface area contributed by atoms with Crippen molar-refractivity contribution in [1.29, 1.82) is 0 Å². The third-order valence-corrected chi connectivity index (χ3v) is 4.55. The number of amides is 1. The third kappa shape index (κ3) is 4.02. The van der Waals surface area contributed by atoms with Gasteiger partial charge in [0.05, 0.1) is 12.1 Å². The van der Waals surface area contributed by atoms with Gasteiger partial charge in [-0.1, -0.05) is 0 Å². The van der Waals surface area contributed by atoms with Crippen LogP contribution in [0, 0.1) is 6.92 Å². The fraction of sp³-hybridized carbons (Fsp3) is 0.474. The fourth-order valence-electron chi connectivity index (χ4n) is 3.09. The highest BCUT2D eigenvalue weighted by atomic mass is 16.4. The van der Waals surface area contributed by atoms with Crippen LogP contribution in [0.15, 0.2) is 34.9 Å². The van der Waals surface area contributed by atoms with Crippen LogP contribution in [-0.2, 0) is 5.60 Å². The summed E-state index contributed by atoms with van der Waals surface area (Å²) in [5, 5.41) is 13.4. The van der Waals surface area contributed by atoms with Gasteiger partial charge in [-0.3, -0.25) is 4.79 Å². The summed E-state index contributed by atoms with van der Waals surface area (Å²) < 4.78 is 5.48. The number of aliphatic hydroxyl groups is 1. The summed E-state index contributed by atoms with van der Waals surface area (Å²) in [4.78, 5) is 19.2. The number of rotatable bonds is 5. The molecule has 2 N–H and O–H groups in total. The van der Waals surface area contributed by atoms with Gasteiger partial charge in [0.1, 0.15) is 22.9 Å². The first-order valence-electron chi connectivity index (χ1n) is 8.75. The van der Waals surface area contributed by atoms with Crippen LogP contribution >= 0.6 is 0 Å². The lowest BCUT2D eigenvalue weighted by Gasteiger charge is -2.29. The average molecular weight is 343 g/mol. The number of aryl methyl sites for hydroxylation is 1. The van der Waals surface area contributed by atoms with Crippen molar-refractivity contribution < 1.29 is 14.3 Å². The molecule has 3 rings (SSSR count). The first kappa shape index (κ1) is 17.5. The molecule has 1 atom stereocenters. The number of pyridine rings is 1. The minimum absolute atomic E-state index is 0.0626. The Bertz CT molecular complexity index is 733. The quantitative estimate of drug-likeness (QED) is 0.872. The van der Waals surface area contributed by atoms with Crippen LogP contribution in [0.1, 0.15) is 48.1 Å². The van der Waals surface area contributed by atoms with Gasteiger partial charge in [0.25, 0.3) is 5.91 Å². The predicted octanol–water partition coefficient (Wildman–Crippen LogP) is 2.61. The molecule has 0 radical (unpaired) electrons. The highest BCUT2D eigenvalue weighted by molar-refractivity contribution is 5.98. The predicted molar refractivity (Wildman–Crippen MR) is 95.7 cm³/mol. The molecule has 2 aromatic rings. The number of aromatic nitrogens is 1. The fourth-order valence-corrected chi connectivity index (χ4v) is 3.09. The van der Waals surface area contributed by atoms with Gasteiger partial charge in [-0.05, 0) is 57.4 Å². The second-order valence-electron chi connectivity index (χ2n) is 6.79. The monoisotopic (exact) mass is 343 g/mol. The van der Waals surface area contributed by atoms with E-state index < -0.39 is 5.60 Å². The van der Waals surface area contributed by atoms with Crippen molar-refractivity contribution in [3.63, 3.8) is 0 Å². The lowest BCUT2D eigenvalue weighted by atomic mass is 10.0. The Hall–Kier alpha value is -2.34. The Kier molecular flexibility index (Phi) is 5.08. The maximum atomic E-state index is 12.7. The van der Waals surface area contributed by atoms with Crippen molar-refractivity contribution in [2.75, 3.05) is 24.5 Å². The van der Waals surface area contributed by atoms with Gasteiger partial charge in [0.15, 0.2) is 0 Å². The number of carbonyl (C=O) groups is 1. The summed E-state index contributed by atoms with van der Waals surface area (Å²) in [6.45, 7) is 5.34. The van der Waals surface area contributed by atoms with E-state index in [0.717, 1.165) is 31.7 Å². The molecule has 3 heterocycles. The van der Waals surface area contributed by atoms with Gasteiger partial charge < -0.3 is 19.7 Å². The van der Waals surface area contributed by atoms with Gasteiger partial charge in [-0.2, -0.15) is 0 Å². The van der Waals surface area contributed by atoms with Crippen LogP contribution in [0.25, 0.3) is 0 Å². The second kappa shape index (κ2) is 7.27. The molecule has 2 aromatic heterocycles. The Morgan fingerprint density at radius 2 is 2.08 bits per heavy atom. The SMILES string of the molecule is Cc1ccc([C@@](C)(O)CNC(=O)c2cccnc2N2CCCCC2)o1. The number of hydrogen-bond acceptors (Lipinski definition) is 5. The van der Waals surface area contributed by atoms with Gasteiger partial charge >= 0.3 is 0 Å². The van der Waals surface area contributed by atoms with Gasteiger partial charge in [-0.15, -0.1) is 0 Å². The maximum absolute atomic E-state index is 12.7. The van der Waals surface area contributed by atoms with Crippen LogP contribution in [0.5, 0.6) is 0 Å². The van der Waals surface area contributed by atoms with E-state index in [1.807, 2.05) is 6.92 Å². The van der Waals surface area contributed by atoms with Gasteiger partial charge in [-0.25, -0.2) is 4.98 Å². The number of hydrogen-bond donors (Lipinski definition) is 2. The molecule has 0 spiro atoms. The van der Waals surface area contributed by atoms with Gasteiger partial charge in [0, 0.05) is 19.3 Å². The second-order valence-corrected chi connectivity index (χ2v) is 6.79. The van der Waals surface area contributed by atoms with E-state index in [0.29, 0.717) is 17.1 Å². The first-order valence-corrected chi connectivity index (χ1v) is 8.75. The van der Waals surface area contributed by atoms with Crippen LogP contribution in [0.2, 0.25) is 0 Å². The highest BCUT2D eigenvalue weighted by Gasteiger charge is 2.28. The molecule has 25 heavy (non-hydrogen) atoms. The van der Waals surface area contributed by atoms with Crippen LogP contribution in [0.3, 0.4) is 0 Å². The molecule has 0 bridgehead atoms. The van der Waals surface area contributed by atoms with Crippen molar-refractivity contribution in [3.8, 4) is 0 Å². The van der Waals surface area contributed by atoms with Crippen molar-refractivity contribution in [1.82, 2.24) is 10.3 Å². The zero-order valence-electron chi connectivity index (χ0n) is 14.8. The van der Waals surface area contributed by atoms with E-state index in [9.17, 15) is 9.90 Å². The summed E-state index contributed by atoms with van der Waals surface area (Å²) in [7, 11) is 0. The summed E-state index contributed by atoms with van der Waals surface area (Å²) in [5.74, 6) is 1.64. The van der Waals surface area contributed by atoms with E-state index in [1.54, 1.807) is 37.4 Å². The molecular formula is C19H25N3O3. The number of nitrogens with zero attached hydrogens (tertiary/aromatic N) is 2. The smallest absolute Gasteiger partial charge is 0.255 e.